The van der Waals surface area contributed by atoms with Gasteiger partial charge in [-0.3, -0.25) is 0 Å². The molecule has 0 aliphatic rings. The van der Waals surface area contributed by atoms with E-state index in [9.17, 15) is 29.8 Å². The van der Waals surface area contributed by atoms with E-state index in [1.54, 1.807) is 24.3 Å². The van der Waals surface area contributed by atoms with E-state index in [1.807, 2.05) is 0 Å². The molecule has 5 aromatic rings. The highest BCUT2D eigenvalue weighted by Gasteiger charge is 2.24. The third-order valence-corrected chi connectivity index (χ3v) is 6.06. The molecule has 3 heterocycles. The molecule has 0 fully saturated rings. The predicted octanol–water partition coefficient (Wildman–Crippen LogP) is 4.48. The number of rotatable bonds is 2. The molecular weight excluding hydrogens is 496 g/mol. The first-order chi connectivity index (χ1) is 18.3. The van der Waals surface area contributed by atoms with E-state index in [0.717, 1.165) is 24.3 Å². The average Bonchev–Trinajstić information content (AvgIpc) is 3.51. The SMILES string of the molecule is N#CC(C#N)=c1ccn2c(-c3ccc(F)cc3F)c3c(=C(C#N)C#N)ccn3c(-c3ccc(F)cc3F)c12. The van der Waals surface area contributed by atoms with Crippen molar-refractivity contribution in [2.24, 2.45) is 0 Å². The van der Waals surface area contributed by atoms with Gasteiger partial charge in [-0.25, -0.2) is 17.6 Å². The van der Waals surface area contributed by atoms with Crippen LogP contribution in [0.4, 0.5) is 17.6 Å². The normalized spacial score (nSPS) is 10.5. The Bertz CT molecular complexity index is 1940. The zero-order chi connectivity index (χ0) is 27.1. The third-order valence-electron chi connectivity index (χ3n) is 6.06. The summed E-state index contributed by atoms with van der Waals surface area (Å²) in [4.78, 5) is 0. The van der Waals surface area contributed by atoms with Gasteiger partial charge in [0.15, 0.2) is 0 Å². The lowest BCUT2D eigenvalue weighted by molar-refractivity contribution is 0.584. The molecule has 0 spiro atoms. The first-order valence-electron chi connectivity index (χ1n) is 10.8. The quantitative estimate of drug-likeness (QED) is 0.329. The highest BCUT2D eigenvalue weighted by molar-refractivity contribution is 5.93. The maximum absolute atomic E-state index is 15.2. The van der Waals surface area contributed by atoms with Crippen molar-refractivity contribution in [3.8, 4) is 46.8 Å². The number of aromatic nitrogens is 2. The molecule has 0 amide bonds. The number of benzene rings is 2. The Morgan fingerprint density at radius 2 is 0.921 bits per heavy atom. The van der Waals surface area contributed by atoms with Crippen LogP contribution in [-0.4, -0.2) is 8.80 Å². The summed E-state index contributed by atoms with van der Waals surface area (Å²) in [6, 6.07) is 15.6. The first-order valence-corrected chi connectivity index (χ1v) is 10.8. The second kappa shape index (κ2) is 8.99. The van der Waals surface area contributed by atoms with Crippen LogP contribution in [0.5, 0.6) is 0 Å². The van der Waals surface area contributed by atoms with Crippen LogP contribution in [0.15, 0.2) is 60.9 Å². The topological polar surface area (TPSA) is 104 Å². The summed E-state index contributed by atoms with van der Waals surface area (Å²) in [5.41, 5.74) is -0.721. The Morgan fingerprint density at radius 3 is 1.24 bits per heavy atom. The highest BCUT2D eigenvalue weighted by Crippen LogP contribution is 2.34. The van der Waals surface area contributed by atoms with E-state index in [2.05, 4.69) is 0 Å². The zero-order valence-corrected chi connectivity index (χ0v) is 19.0. The molecule has 3 aromatic heterocycles. The number of hydrogen-bond acceptors (Lipinski definition) is 4. The lowest BCUT2D eigenvalue weighted by Crippen LogP contribution is -2.14. The molecule has 0 atom stereocenters. The van der Waals surface area contributed by atoms with Gasteiger partial charge in [0.1, 0.15) is 58.7 Å². The largest absolute Gasteiger partial charge is 0.312 e. The van der Waals surface area contributed by atoms with Crippen LogP contribution in [-0.2, 0) is 0 Å². The van der Waals surface area contributed by atoms with Gasteiger partial charge in [-0.1, -0.05) is 0 Å². The van der Waals surface area contributed by atoms with Crippen LogP contribution < -0.4 is 10.4 Å². The number of halogens is 4. The van der Waals surface area contributed by atoms with Crippen molar-refractivity contribution < 1.29 is 17.6 Å². The van der Waals surface area contributed by atoms with Crippen molar-refractivity contribution in [3.63, 3.8) is 0 Å². The molecule has 0 aliphatic carbocycles. The summed E-state index contributed by atoms with van der Waals surface area (Å²) in [6.07, 6.45) is 2.80. The minimum atomic E-state index is -0.975. The molecule has 10 heteroatoms. The van der Waals surface area contributed by atoms with Gasteiger partial charge in [0.05, 0.1) is 22.4 Å². The molecule has 0 radical (unpaired) electrons. The van der Waals surface area contributed by atoms with Gasteiger partial charge in [-0.15, -0.1) is 0 Å². The fourth-order valence-electron chi connectivity index (χ4n) is 4.52. The van der Waals surface area contributed by atoms with E-state index in [0.29, 0.717) is 12.1 Å². The molecule has 0 saturated heterocycles. The molecule has 180 valence electrons. The van der Waals surface area contributed by atoms with Crippen molar-refractivity contribution >= 4 is 22.2 Å². The summed E-state index contributed by atoms with van der Waals surface area (Å²) in [6.45, 7) is 0. The van der Waals surface area contributed by atoms with E-state index in [-0.39, 0.29) is 55.1 Å². The fraction of sp³-hybridized carbons (Fsp3) is 0. The van der Waals surface area contributed by atoms with E-state index in [1.165, 1.54) is 33.3 Å². The van der Waals surface area contributed by atoms with E-state index in [4.69, 9.17) is 0 Å². The Morgan fingerprint density at radius 1 is 0.553 bits per heavy atom. The number of hydrogen-bond donors (Lipinski definition) is 0. The van der Waals surface area contributed by atoms with Gasteiger partial charge in [0, 0.05) is 46.1 Å². The van der Waals surface area contributed by atoms with Crippen molar-refractivity contribution in [1.82, 2.24) is 8.80 Å². The number of nitriles is 4. The lowest BCUT2D eigenvalue weighted by Gasteiger charge is -2.17. The molecule has 2 aromatic carbocycles. The second-order valence-electron chi connectivity index (χ2n) is 8.04. The van der Waals surface area contributed by atoms with Gasteiger partial charge in [-0.2, -0.15) is 21.0 Å². The van der Waals surface area contributed by atoms with Crippen molar-refractivity contribution in [1.29, 1.82) is 21.0 Å². The van der Waals surface area contributed by atoms with Crippen LogP contribution in [0.3, 0.4) is 0 Å². The minimum Gasteiger partial charge on any atom is -0.312 e. The second-order valence-corrected chi connectivity index (χ2v) is 8.04. The molecule has 6 nitrogen and oxygen atoms in total. The molecular formula is C28H10F4N6. The third kappa shape index (κ3) is 3.45. The van der Waals surface area contributed by atoms with Crippen LogP contribution >= 0.6 is 0 Å². The lowest BCUT2D eigenvalue weighted by atomic mass is 10.0. The summed E-state index contributed by atoms with van der Waals surface area (Å²) in [7, 11) is 0. The Labute approximate surface area is 211 Å². The van der Waals surface area contributed by atoms with Crippen LogP contribution in [0, 0.1) is 68.6 Å². The molecule has 5 rings (SSSR count). The van der Waals surface area contributed by atoms with Crippen LogP contribution in [0.1, 0.15) is 0 Å². The monoisotopic (exact) mass is 506 g/mol. The van der Waals surface area contributed by atoms with Crippen LogP contribution in [0.25, 0.3) is 44.7 Å². The van der Waals surface area contributed by atoms with Gasteiger partial charge in [0.2, 0.25) is 0 Å². The van der Waals surface area contributed by atoms with Crippen molar-refractivity contribution in [2.75, 3.05) is 0 Å². The summed E-state index contributed by atoms with van der Waals surface area (Å²) in [5.74, 6) is -3.65. The standard InChI is InChI=1S/C28H10F4N6/c29-17-1-3-21(23(31)9-17)27-25-19(15(11-33)12-34)6-8-38(25)28(22-4-2-18(30)10-24(22)32)26-20(5-7-37(26)27)16(13-35)14-36/h1-10H. The first kappa shape index (κ1) is 23.9. The summed E-state index contributed by atoms with van der Waals surface area (Å²) in [5, 5.41) is 38.5. The van der Waals surface area contributed by atoms with E-state index < -0.39 is 23.3 Å². The van der Waals surface area contributed by atoms with Gasteiger partial charge in [-0.05, 0) is 36.4 Å². The molecule has 0 bridgehead atoms. The minimum absolute atomic E-state index is 0.0354. The molecule has 0 unspecified atom stereocenters. The van der Waals surface area contributed by atoms with Gasteiger partial charge < -0.3 is 8.80 Å². The average molecular weight is 506 g/mol. The van der Waals surface area contributed by atoms with Crippen LogP contribution in [0.2, 0.25) is 0 Å². The summed E-state index contributed by atoms with van der Waals surface area (Å²) < 4.78 is 60.8. The maximum atomic E-state index is 15.2. The Hall–Kier alpha value is -5.84. The number of nitrogens with zero attached hydrogens (tertiary/aromatic N) is 6. The maximum Gasteiger partial charge on any atom is 0.139 e. The molecule has 0 saturated carbocycles. The van der Waals surface area contributed by atoms with Crippen molar-refractivity contribution in [3.05, 3.63) is 94.6 Å². The fourth-order valence-corrected chi connectivity index (χ4v) is 4.52. The predicted molar refractivity (Wildman–Crippen MR) is 128 cm³/mol. The Balaban J connectivity index is 2.21. The van der Waals surface area contributed by atoms with Gasteiger partial charge in [0.25, 0.3) is 0 Å². The highest BCUT2D eigenvalue weighted by atomic mass is 19.1. The van der Waals surface area contributed by atoms with E-state index >= 15 is 8.78 Å². The van der Waals surface area contributed by atoms with Crippen molar-refractivity contribution in [2.45, 2.75) is 0 Å². The molecule has 0 aliphatic heterocycles. The van der Waals surface area contributed by atoms with Gasteiger partial charge >= 0.3 is 0 Å². The molecule has 0 N–H and O–H groups in total. The molecule has 38 heavy (non-hydrogen) atoms. The zero-order valence-electron chi connectivity index (χ0n) is 19.0. The smallest absolute Gasteiger partial charge is 0.139 e. The number of fused-ring (bicyclic) bond motifs is 2. The Kier molecular flexibility index (Phi) is 5.65. The summed E-state index contributed by atoms with van der Waals surface area (Å²) >= 11 is 0.